The molecular weight excluding hydrogens is 422 g/mol. The van der Waals surface area contributed by atoms with Gasteiger partial charge >= 0.3 is 0 Å². The van der Waals surface area contributed by atoms with E-state index in [-0.39, 0.29) is 5.91 Å². The minimum absolute atomic E-state index is 0.190. The van der Waals surface area contributed by atoms with Gasteiger partial charge in [0, 0.05) is 48.6 Å². The molecule has 1 saturated heterocycles. The SMILES string of the molecule is CC(C)Cc1ccc(-c2cnc(CCC(=O)N3CCC(c4c[nH]c5ccccc45)CC3)o2)cc1. The lowest BCUT2D eigenvalue weighted by molar-refractivity contribution is -0.132. The van der Waals surface area contributed by atoms with E-state index in [0.29, 0.717) is 30.6 Å². The number of carbonyl (C=O) groups excluding carboxylic acids is 1. The number of likely N-dealkylation sites (tertiary alicyclic amines) is 1. The summed E-state index contributed by atoms with van der Waals surface area (Å²) < 4.78 is 5.95. The zero-order valence-electron chi connectivity index (χ0n) is 20.1. The number of nitrogens with one attached hydrogen (secondary N) is 1. The second-order valence-electron chi connectivity index (χ2n) is 9.86. The molecular formula is C29H33N3O2. The molecule has 34 heavy (non-hydrogen) atoms. The summed E-state index contributed by atoms with van der Waals surface area (Å²) in [6.07, 6.45) is 7.96. The lowest BCUT2D eigenvalue weighted by Crippen LogP contribution is -2.38. The van der Waals surface area contributed by atoms with Gasteiger partial charge in [-0.15, -0.1) is 0 Å². The second-order valence-corrected chi connectivity index (χ2v) is 9.86. The third-order valence-electron chi connectivity index (χ3n) is 6.90. The van der Waals surface area contributed by atoms with Crippen molar-refractivity contribution in [2.24, 2.45) is 5.92 Å². The minimum Gasteiger partial charge on any atom is -0.441 e. The number of aromatic amines is 1. The van der Waals surface area contributed by atoms with E-state index in [2.05, 4.69) is 78.5 Å². The van der Waals surface area contributed by atoms with E-state index in [1.807, 2.05) is 4.90 Å². The van der Waals surface area contributed by atoms with Crippen molar-refractivity contribution in [3.05, 3.63) is 77.9 Å². The van der Waals surface area contributed by atoms with Crippen molar-refractivity contribution in [2.45, 2.75) is 51.9 Å². The summed E-state index contributed by atoms with van der Waals surface area (Å²) in [5.74, 6) is 2.72. The summed E-state index contributed by atoms with van der Waals surface area (Å²) in [7, 11) is 0. The molecule has 176 valence electrons. The molecule has 2 aromatic heterocycles. The number of nitrogens with zero attached hydrogens (tertiary/aromatic N) is 2. The average Bonchev–Trinajstić information content (AvgIpc) is 3.50. The van der Waals surface area contributed by atoms with Gasteiger partial charge in [-0.25, -0.2) is 4.98 Å². The van der Waals surface area contributed by atoms with Crippen LogP contribution in [0.25, 0.3) is 22.2 Å². The molecule has 1 fully saturated rings. The maximum atomic E-state index is 12.8. The topological polar surface area (TPSA) is 62.1 Å². The van der Waals surface area contributed by atoms with Crippen molar-refractivity contribution < 1.29 is 9.21 Å². The van der Waals surface area contributed by atoms with Crippen LogP contribution in [0.4, 0.5) is 0 Å². The zero-order chi connectivity index (χ0) is 23.5. The normalized spacial score (nSPS) is 14.9. The van der Waals surface area contributed by atoms with E-state index in [4.69, 9.17) is 4.42 Å². The highest BCUT2D eigenvalue weighted by Crippen LogP contribution is 2.33. The largest absolute Gasteiger partial charge is 0.441 e. The zero-order valence-corrected chi connectivity index (χ0v) is 20.1. The first kappa shape index (κ1) is 22.5. The Bertz CT molecular complexity index is 1240. The fraction of sp³-hybridized carbons (Fsp3) is 0.379. The van der Waals surface area contributed by atoms with Gasteiger partial charge < -0.3 is 14.3 Å². The lowest BCUT2D eigenvalue weighted by Gasteiger charge is -2.32. The van der Waals surface area contributed by atoms with Crippen molar-refractivity contribution in [3.63, 3.8) is 0 Å². The summed E-state index contributed by atoms with van der Waals surface area (Å²) in [6, 6.07) is 16.9. The first-order chi connectivity index (χ1) is 16.6. The van der Waals surface area contributed by atoms with Gasteiger partial charge in [0.25, 0.3) is 0 Å². The Balaban J connectivity index is 1.13. The van der Waals surface area contributed by atoms with E-state index in [1.165, 1.54) is 22.0 Å². The standard InChI is InChI=1S/C29H33N3O2/c1-20(2)17-21-7-9-23(10-8-21)27-19-31-28(34-27)11-12-29(33)32-15-13-22(14-16-32)25-18-30-26-6-4-3-5-24(25)26/h3-10,18-20,22,30H,11-17H2,1-2H3. The number of fused-ring (bicyclic) bond motifs is 1. The monoisotopic (exact) mass is 455 g/mol. The van der Waals surface area contributed by atoms with Crippen LogP contribution in [0.5, 0.6) is 0 Å². The molecule has 0 bridgehead atoms. The quantitative estimate of drug-likeness (QED) is 0.353. The predicted octanol–water partition coefficient (Wildman–Crippen LogP) is 6.36. The molecule has 1 N–H and O–H groups in total. The lowest BCUT2D eigenvalue weighted by atomic mass is 9.89. The predicted molar refractivity (Wildman–Crippen MR) is 136 cm³/mol. The van der Waals surface area contributed by atoms with Crippen LogP contribution in [0.15, 0.2) is 65.3 Å². The second kappa shape index (κ2) is 9.88. The van der Waals surface area contributed by atoms with Crippen LogP contribution >= 0.6 is 0 Å². The average molecular weight is 456 g/mol. The van der Waals surface area contributed by atoms with Crippen LogP contribution in [0.2, 0.25) is 0 Å². The van der Waals surface area contributed by atoms with Gasteiger partial charge in [-0.05, 0) is 48.3 Å². The van der Waals surface area contributed by atoms with Crippen molar-refractivity contribution in [1.82, 2.24) is 14.9 Å². The Kier molecular flexibility index (Phi) is 6.52. The van der Waals surface area contributed by atoms with E-state index in [1.54, 1.807) is 6.20 Å². The molecule has 0 atom stereocenters. The van der Waals surface area contributed by atoms with Gasteiger partial charge in [0.05, 0.1) is 6.20 Å². The van der Waals surface area contributed by atoms with Crippen LogP contribution in [-0.4, -0.2) is 33.9 Å². The van der Waals surface area contributed by atoms with Gasteiger partial charge in [-0.2, -0.15) is 0 Å². The number of aryl methyl sites for hydroxylation is 1. The van der Waals surface area contributed by atoms with Gasteiger partial charge in [0.15, 0.2) is 11.7 Å². The number of carbonyl (C=O) groups is 1. The number of aromatic nitrogens is 2. The van der Waals surface area contributed by atoms with E-state index in [0.717, 1.165) is 43.7 Å². The Hall–Kier alpha value is -3.34. The molecule has 1 amide bonds. The molecule has 0 aliphatic carbocycles. The number of hydrogen-bond donors (Lipinski definition) is 1. The first-order valence-corrected chi connectivity index (χ1v) is 12.4. The number of piperidine rings is 1. The molecule has 5 rings (SSSR count). The Morgan fingerprint density at radius 1 is 1.12 bits per heavy atom. The van der Waals surface area contributed by atoms with E-state index in [9.17, 15) is 4.79 Å². The summed E-state index contributed by atoms with van der Waals surface area (Å²) in [4.78, 5) is 22.6. The molecule has 0 radical (unpaired) electrons. The fourth-order valence-corrected chi connectivity index (χ4v) is 5.08. The van der Waals surface area contributed by atoms with Gasteiger partial charge in [0.1, 0.15) is 0 Å². The highest BCUT2D eigenvalue weighted by molar-refractivity contribution is 5.83. The summed E-state index contributed by atoms with van der Waals surface area (Å²) >= 11 is 0. The summed E-state index contributed by atoms with van der Waals surface area (Å²) in [6.45, 7) is 6.07. The fourth-order valence-electron chi connectivity index (χ4n) is 5.08. The molecule has 0 saturated carbocycles. The van der Waals surface area contributed by atoms with Gasteiger partial charge in [0.2, 0.25) is 5.91 Å². The highest BCUT2D eigenvalue weighted by Gasteiger charge is 2.25. The van der Waals surface area contributed by atoms with Crippen molar-refractivity contribution in [2.75, 3.05) is 13.1 Å². The van der Waals surface area contributed by atoms with E-state index >= 15 is 0 Å². The first-order valence-electron chi connectivity index (χ1n) is 12.4. The number of oxazole rings is 1. The number of H-pyrrole nitrogens is 1. The molecule has 2 aromatic carbocycles. The number of para-hydroxylation sites is 1. The third kappa shape index (κ3) is 4.93. The number of rotatable bonds is 7. The summed E-state index contributed by atoms with van der Waals surface area (Å²) in [5.41, 5.74) is 4.93. The molecule has 5 nitrogen and oxygen atoms in total. The van der Waals surface area contributed by atoms with Crippen molar-refractivity contribution in [3.8, 4) is 11.3 Å². The Labute approximate surface area is 201 Å². The minimum atomic E-state index is 0.190. The smallest absolute Gasteiger partial charge is 0.223 e. The van der Waals surface area contributed by atoms with Crippen LogP contribution in [-0.2, 0) is 17.6 Å². The van der Waals surface area contributed by atoms with Crippen LogP contribution in [0, 0.1) is 5.92 Å². The van der Waals surface area contributed by atoms with Crippen LogP contribution in [0.3, 0.4) is 0 Å². The molecule has 0 spiro atoms. The number of benzene rings is 2. The highest BCUT2D eigenvalue weighted by atomic mass is 16.4. The Morgan fingerprint density at radius 3 is 2.65 bits per heavy atom. The Morgan fingerprint density at radius 2 is 1.88 bits per heavy atom. The molecule has 0 unspecified atom stereocenters. The number of hydrogen-bond acceptors (Lipinski definition) is 3. The molecule has 1 aliphatic heterocycles. The maximum absolute atomic E-state index is 12.8. The van der Waals surface area contributed by atoms with Gasteiger partial charge in [-0.3, -0.25) is 4.79 Å². The summed E-state index contributed by atoms with van der Waals surface area (Å²) in [5, 5.41) is 1.31. The van der Waals surface area contributed by atoms with Crippen LogP contribution < -0.4 is 0 Å². The maximum Gasteiger partial charge on any atom is 0.223 e. The number of amides is 1. The van der Waals surface area contributed by atoms with Gasteiger partial charge in [-0.1, -0.05) is 56.3 Å². The third-order valence-corrected chi connectivity index (χ3v) is 6.90. The molecule has 5 heteroatoms. The van der Waals surface area contributed by atoms with Crippen LogP contribution in [0.1, 0.15) is 56.0 Å². The molecule has 3 heterocycles. The van der Waals surface area contributed by atoms with Crippen molar-refractivity contribution >= 4 is 16.8 Å². The molecule has 1 aliphatic rings. The van der Waals surface area contributed by atoms with E-state index < -0.39 is 0 Å². The molecule has 4 aromatic rings. The van der Waals surface area contributed by atoms with Crippen molar-refractivity contribution in [1.29, 1.82) is 0 Å².